The summed E-state index contributed by atoms with van der Waals surface area (Å²) < 4.78 is 0. The summed E-state index contributed by atoms with van der Waals surface area (Å²) in [6, 6.07) is 0.00884. The lowest BCUT2D eigenvalue weighted by molar-refractivity contribution is 0.616. The number of aromatic nitrogens is 2. The van der Waals surface area contributed by atoms with E-state index in [0.717, 1.165) is 24.8 Å². The molecule has 1 rings (SSSR count). The molecule has 0 aliphatic rings. The van der Waals surface area contributed by atoms with Gasteiger partial charge in [-0.25, -0.2) is 9.97 Å². The molecule has 1 aromatic heterocycles. The number of nitrogens with zero attached hydrogens (tertiary/aromatic N) is 2. The highest BCUT2D eigenvalue weighted by Crippen LogP contribution is 2.13. The lowest BCUT2D eigenvalue weighted by Crippen LogP contribution is -2.10. The molecule has 13 heavy (non-hydrogen) atoms. The van der Waals surface area contributed by atoms with Gasteiger partial charge in [0.2, 0.25) is 0 Å². The highest BCUT2D eigenvalue weighted by molar-refractivity contribution is 5.08. The van der Waals surface area contributed by atoms with Crippen molar-refractivity contribution >= 4 is 0 Å². The minimum absolute atomic E-state index is 0.00884. The molecule has 0 aliphatic heterocycles. The van der Waals surface area contributed by atoms with Crippen LogP contribution in [0.25, 0.3) is 0 Å². The van der Waals surface area contributed by atoms with Crippen LogP contribution in [-0.4, -0.2) is 9.97 Å². The third kappa shape index (κ3) is 3.22. The summed E-state index contributed by atoms with van der Waals surface area (Å²) in [5.41, 5.74) is 6.86. The maximum Gasteiger partial charge on any atom is 0.115 e. The molecule has 0 bridgehead atoms. The largest absolute Gasteiger partial charge is 0.324 e. The van der Waals surface area contributed by atoms with Gasteiger partial charge in [-0.2, -0.15) is 0 Å². The van der Waals surface area contributed by atoms with Gasteiger partial charge in [0.1, 0.15) is 6.33 Å². The first-order valence-electron chi connectivity index (χ1n) is 4.28. The molecule has 0 saturated carbocycles. The lowest BCUT2D eigenvalue weighted by Gasteiger charge is -2.08. The van der Waals surface area contributed by atoms with Crippen LogP contribution >= 0.6 is 0 Å². The zero-order valence-electron chi connectivity index (χ0n) is 7.48. The SMILES string of the molecule is C#CCCCC(N)c1cncnc1. The normalized spacial score (nSPS) is 12.0. The van der Waals surface area contributed by atoms with Crippen LogP contribution in [0.3, 0.4) is 0 Å². The predicted octanol–water partition coefficient (Wildman–Crippen LogP) is 1.28. The Hall–Kier alpha value is -1.40. The molecule has 1 atom stereocenters. The number of nitrogens with two attached hydrogens (primary N) is 1. The Morgan fingerprint density at radius 2 is 2.15 bits per heavy atom. The van der Waals surface area contributed by atoms with Crippen molar-refractivity contribution in [1.82, 2.24) is 9.97 Å². The van der Waals surface area contributed by atoms with E-state index in [1.165, 1.54) is 6.33 Å². The standard InChI is InChI=1S/C10H13N3/c1-2-3-4-5-10(11)9-6-12-8-13-7-9/h1,6-8,10H,3-5,11H2. The molecule has 0 spiro atoms. The molecule has 1 unspecified atom stereocenters. The summed E-state index contributed by atoms with van der Waals surface area (Å²) in [5.74, 6) is 2.59. The van der Waals surface area contributed by atoms with Crippen LogP contribution in [0.15, 0.2) is 18.7 Å². The number of hydrogen-bond donors (Lipinski definition) is 1. The average molecular weight is 175 g/mol. The third-order valence-corrected chi connectivity index (χ3v) is 1.84. The number of unbranched alkanes of at least 4 members (excludes halogenated alkanes) is 1. The smallest absolute Gasteiger partial charge is 0.115 e. The van der Waals surface area contributed by atoms with Crippen LogP contribution in [0.1, 0.15) is 30.9 Å². The van der Waals surface area contributed by atoms with Gasteiger partial charge in [0, 0.05) is 30.4 Å². The Balaban J connectivity index is 2.41. The van der Waals surface area contributed by atoms with Crippen LogP contribution < -0.4 is 5.73 Å². The average Bonchev–Trinajstić information content (AvgIpc) is 2.19. The van der Waals surface area contributed by atoms with Gasteiger partial charge in [-0.3, -0.25) is 0 Å². The Morgan fingerprint density at radius 3 is 2.77 bits per heavy atom. The summed E-state index contributed by atoms with van der Waals surface area (Å²) in [5, 5.41) is 0. The minimum atomic E-state index is 0.00884. The zero-order valence-corrected chi connectivity index (χ0v) is 7.48. The molecule has 0 amide bonds. The van der Waals surface area contributed by atoms with Crippen LogP contribution in [0.4, 0.5) is 0 Å². The maximum absolute atomic E-state index is 5.89. The Morgan fingerprint density at radius 1 is 1.46 bits per heavy atom. The van der Waals surface area contributed by atoms with Gasteiger partial charge in [-0.05, 0) is 12.8 Å². The fraction of sp³-hybridized carbons (Fsp3) is 0.400. The highest BCUT2D eigenvalue weighted by atomic mass is 14.8. The van der Waals surface area contributed by atoms with Crippen LogP contribution in [0.2, 0.25) is 0 Å². The van der Waals surface area contributed by atoms with Gasteiger partial charge >= 0.3 is 0 Å². The summed E-state index contributed by atoms with van der Waals surface area (Å²) in [4.78, 5) is 7.81. The first-order chi connectivity index (χ1) is 6.34. The van der Waals surface area contributed by atoms with E-state index in [2.05, 4.69) is 15.9 Å². The van der Waals surface area contributed by atoms with Gasteiger partial charge in [-0.15, -0.1) is 12.3 Å². The van der Waals surface area contributed by atoms with E-state index in [1.807, 2.05) is 0 Å². The predicted molar refractivity (Wildman–Crippen MR) is 51.6 cm³/mol. The lowest BCUT2D eigenvalue weighted by atomic mass is 10.1. The fourth-order valence-corrected chi connectivity index (χ4v) is 1.09. The van der Waals surface area contributed by atoms with E-state index >= 15 is 0 Å². The van der Waals surface area contributed by atoms with Gasteiger partial charge in [0.05, 0.1) is 0 Å². The van der Waals surface area contributed by atoms with Crippen LogP contribution in [0, 0.1) is 12.3 Å². The second-order valence-corrected chi connectivity index (χ2v) is 2.87. The molecule has 1 aromatic rings. The summed E-state index contributed by atoms with van der Waals surface area (Å²) in [6.07, 6.45) is 12.7. The van der Waals surface area contributed by atoms with E-state index in [0.29, 0.717) is 0 Å². The van der Waals surface area contributed by atoms with E-state index < -0.39 is 0 Å². The number of rotatable bonds is 4. The summed E-state index contributed by atoms with van der Waals surface area (Å²) in [7, 11) is 0. The maximum atomic E-state index is 5.89. The van der Waals surface area contributed by atoms with Gasteiger partial charge in [0.25, 0.3) is 0 Å². The molecule has 2 N–H and O–H groups in total. The van der Waals surface area contributed by atoms with Crippen LogP contribution in [-0.2, 0) is 0 Å². The Bertz CT molecular complexity index is 276. The molecule has 1 heterocycles. The van der Waals surface area contributed by atoms with E-state index in [4.69, 9.17) is 12.2 Å². The van der Waals surface area contributed by atoms with Crippen molar-refractivity contribution in [3.8, 4) is 12.3 Å². The molecule has 0 radical (unpaired) electrons. The molecular formula is C10H13N3. The van der Waals surface area contributed by atoms with E-state index in [9.17, 15) is 0 Å². The van der Waals surface area contributed by atoms with Crippen LogP contribution in [0.5, 0.6) is 0 Å². The number of terminal acetylenes is 1. The fourth-order valence-electron chi connectivity index (χ4n) is 1.09. The van der Waals surface area contributed by atoms with Gasteiger partial charge in [0.15, 0.2) is 0 Å². The quantitative estimate of drug-likeness (QED) is 0.554. The second-order valence-electron chi connectivity index (χ2n) is 2.87. The number of hydrogen-bond acceptors (Lipinski definition) is 3. The van der Waals surface area contributed by atoms with Crippen molar-refractivity contribution in [1.29, 1.82) is 0 Å². The van der Waals surface area contributed by atoms with Crippen molar-refractivity contribution in [3.05, 3.63) is 24.3 Å². The van der Waals surface area contributed by atoms with Crippen molar-refractivity contribution in [2.24, 2.45) is 5.73 Å². The molecule has 0 aliphatic carbocycles. The van der Waals surface area contributed by atoms with E-state index in [-0.39, 0.29) is 6.04 Å². The molecule has 0 saturated heterocycles. The van der Waals surface area contributed by atoms with Gasteiger partial charge in [-0.1, -0.05) is 0 Å². The molecular weight excluding hydrogens is 162 g/mol. The zero-order chi connectivity index (χ0) is 9.52. The first-order valence-corrected chi connectivity index (χ1v) is 4.28. The Labute approximate surface area is 78.4 Å². The minimum Gasteiger partial charge on any atom is -0.324 e. The topological polar surface area (TPSA) is 51.8 Å². The second kappa shape index (κ2) is 5.28. The van der Waals surface area contributed by atoms with Crippen molar-refractivity contribution < 1.29 is 0 Å². The van der Waals surface area contributed by atoms with Crippen molar-refractivity contribution in [3.63, 3.8) is 0 Å². The Kier molecular flexibility index (Phi) is 3.94. The summed E-state index contributed by atoms with van der Waals surface area (Å²) in [6.45, 7) is 0. The molecule has 68 valence electrons. The molecule has 3 nitrogen and oxygen atoms in total. The molecule has 3 heteroatoms. The highest BCUT2D eigenvalue weighted by Gasteiger charge is 2.04. The van der Waals surface area contributed by atoms with Gasteiger partial charge < -0.3 is 5.73 Å². The van der Waals surface area contributed by atoms with E-state index in [1.54, 1.807) is 12.4 Å². The molecule has 0 aromatic carbocycles. The third-order valence-electron chi connectivity index (χ3n) is 1.84. The van der Waals surface area contributed by atoms with Crippen molar-refractivity contribution in [2.45, 2.75) is 25.3 Å². The van der Waals surface area contributed by atoms with Crippen molar-refractivity contribution in [2.75, 3.05) is 0 Å². The molecule has 0 fully saturated rings. The summed E-state index contributed by atoms with van der Waals surface area (Å²) >= 11 is 0. The monoisotopic (exact) mass is 175 g/mol. The first kappa shape index (κ1) is 9.69.